The highest BCUT2D eigenvalue weighted by Crippen LogP contribution is 2.35. The maximum Gasteiger partial charge on any atom is 0.275 e. The topological polar surface area (TPSA) is 74.0 Å². The first-order chi connectivity index (χ1) is 11.8. The summed E-state index contributed by atoms with van der Waals surface area (Å²) in [5.41, 5.74) is 0.325. The van der Waals surface area contributed by atoms with E-state index < -0.39 is 0 Å². The fraction of sp³-hybridized carbons (Fsp3) is 0.375. The van der Waals surface area contributed by atoms with E-state index in [9.17, 15) is 4.79 Å². The summed E-state index contributed by atoms with van der Waals surface area (Å²) in [5.74, 6) is 4.17. The van der Waals surface area contributed by atoms with Gasteiger partial charge in [-0.3, -0.25) is 4.79 Å². The molecule has 2 aromatic rings. The number of ether oxygens (including phenoxy) is 3. The third-order valence-electron chi connectivity index (χ3n) is 3.78. The Morgan fingerprint density at radius 1 is 1.25 bits per heavy atom. The molecule has 0 unspecified atom stereocenters. The van der Waals surface area contributed by atoms with E-state index in [4.69, 9.17) is 18.6 Å². The lowest BCUT2D eigenvalue weighted by Gasteiger charge is -2.25. The minimum absolute atomic E-state index is 0.0895. The molecule has 0 bridgehead atoms. The highest BCUT2D eigenvalue weighted by atomic mass is 32.2. The van der Waals surface area contributed by atoms with Crippen LogP contribution in [0.5, 0.6) is 17.2 Å². The molecule has 0 saturated carbocycles. The third-order valence-corrected chi connectivity index (χ3v) is 4.72. The van der Waals surface area contributed by atoms with Gasteiger partial charge >= 0.3 is 0 Å². The molecule has 0 N–H and O–H groups in total. The lowest BCUT2D eigenvalue weighted by atomic mass is 10.3. The van der Waals surface area contributed by atoms with E-state index in [1.165, 1.54) is 6.26 Å². The molecule has 1 fully saturated rings. The van der Waals surface area contributed by atoms with Gasteiger partial charge in [0.05, 0.1) is 0 Å². The van der Waals surface area contributed by atoms with Crippen molar-refractivity contribution in [3.05, 3.63) is 36.0 Å². The van der Waals surface area contributed by atoms with Crippen LogP contribution in [0.15, 0.2) is 28.9 Å². The summed E-state index contributed by atoms with van der Waals surface area (Å²) in [6.45, 7) is 1.86. The second-order valence-corrected chi connectivity index (χ2v) is 6.56. The zero-order valence-electron chi connectivity index (χ0n) is 12.9. The quantitative estimate of drug-likeness (QED) is 0.838. The van der Waals surface area contributed by atoms with Crippen LogP contribution in [0.3, 0.4) is 0 Å². The van der Waals surface area contributed by atoms with E-state index in [1.54, 1.807) is 23.1 Å². The molecule has 0 atom stereocenters. The molecule has 0 radical (unpaired) electrons. The number of thioether (sulfide) groups is 1. The van der Waals surface area contributed by atoms with Gasteiger partial charge in [-0.2, -0.15) is 11.8 Å². The van der Waals surface area contributed by atoms with Crippen molar-refractivity contribution in [3.63, 3.8) is 0 Å². The second kappa shape index (κ2) is 6.64. The summed E-state index contributed by atoms with van der Waals surface area (Å²) in [5, 5.41) is 0. The van der Waals surface area contributed by atoms with Crippen molar-refractivity contribution in [2.75, 3.05) is 31.4 Å². The number of oxazole rings is 1. The van der Waals surface area contributed by atoms with Crippen LogP contribution < -0.4 is 14.2 Å². The van der Waals surface area contributed by atoms with Gasteiger partial charge in [0, 0.05) is 30.7 Å². The van der Waals surface area contributed by atoms with Gasteiger partial charge in [0.25, 0.3) is 5.91 Å². The molecule has 2 aliphatic rings. The van der Waals surface area contributed by atoms with E-state index in [2.05, 4.69) is 4.98 Å². The summed E-state index contributed by atoms with van der Waals surface area (Å²) in [7, 11) is 0. The van der Waals surface area contributed by atoms with Gasteiger partial charge in [0.1, 0.15) is 12.0 Å². The average Bonchev–Trinajstić information content (AvgIpc) is 3.29. The zero-order valence-corrected chi connectivity index (χ0v) is 13.7. The van der Waals surface area contributed by atoms with Gasteiger partial charge in [-0.05, 0) is 12.1 Å². The molecular weight excluding hydrogens is 332 g/mol. The predicted molar refractivity (Wildman–Crippen MR) is 86.6 cm³/mol. The Morgan fingerprint density at radius 3 is 2.96 bits per heavy atom. The van der Waals surface area contributed by atoms with Crippen LogP contribution in [-0.2, 0) is 6.61 Å². The zero-order chi connectivity index (χ0) is 16.4. The molecule has 24 heavy (non-hydrogen) atoms. The second-order valence-electron chi connectivity index (χ2n) is 5.33. The summed E-state index contributed by atoms with van der Waals surface area (Å²) < 4.78 is 21.5. The predicted octanol–water partition coefficient (Wildman–Crippen LogP) is 2.17. The number of amides is 1. The van der Waals surface area contributed by atoms with Crippen molar-refractivity contribution < 1.29 is 23.4 Å². The van der Waals surface area contributed by atoms with Crippen LogP contribution in [0.1, 0.15) is 16.4 Å². The summed E-state index contributed by atoms with van der Waals surface area (Å²) in [4.78, 5) is 18.4. The van der Waals surface area contributed by atoms with Crippen molar-refractivity contribution in [2.24, 2.45) is 0 Å². The van der Waals surface area contributed by atoms with Crippen molar-refractivity contribution in [1.82, 2.24) is 9.88 Å². The number of fused-ring (bicyclic) bond motifs is 1. The van der Waals surface area contributed by atoms with Crippen LogP contribution in [0.25, 0.3) is 0 Å². The van der Waals surface area contributed by atoms with E-state index in [1.807, 2.05) is 11.8 Å². The number of hydrogen-bond acceptors (Lipinski definition) is 7. The van der Waals surface area contributed by atoms with Crippen LogP contribution in [-0.4, -0.2) is 47.2 Å². The first-order valence-corrected chi connectivity index (χ1v) is 8.79. The highest BCUT2D eigenvalue weighted by Gasteiger charge is 2.22. The first kappa shape index (κ1) is 15.2. The maximum absolute atomic E-state index is 12.3. The Labute approximate surface area is 142 Å². The third kappa shape index (κ3) is 3.14. The molecule has 1 amide bonds. The highest BCUT2D eigenvalue weighted by molar-refractivity contribution is 7.99. The molecular formula is C16H16N2O5S. The number of aromatic nitrogens is 1. The average molecular weight is 348 g/mol. The Morgan fingerprint density at radius 2 is 2.08 bits per heavy atom. The number of carbonyl (C=O) groups excluding carboxylic acids is 1. The van der Waals surface area contributed by atoms with Gasteiger partial charge in [0.15, 0.2) is 23.8 Å². The normalized spacial score (nSPS) is 16.2. The number of nitrogens with zero attached hydrogens (tertiary/aromatic N) is 2. The molecule has 0 spiro atoms. The summed E-state index contributed by atoms with van der Waals surface area (Å²) in [6, 6.07) is 5.33. The van der Waals surface area contributed by atoms with E-state index >= 15 is 0 Å². The van der Waals surface area contributed by atoms with Crippen LogP contribution in [0, 0.1) is 0 Å². The van der Waals surface area contributed by atoms with E-state index in [0.29, 0.717) is 28.8 Å². The molecule has 1 saturated heterocycles. The van der Waals surface area contributed by atoms with Gasteiger partial charge in [-0.25, -0.2) is 4.98 Å². The van der Waals surface area contributed by atoms with Crippen LogP contribution in [0.2, 0.25) is 0 Å². The minimum atomic E-state index is -0.0895. The number of hydrogen-bond donors (Lipinski definition) is 0. The molecule has 8 heteroatoms. The number of carbonyl (C=O) groups is 1. The molecule has 0 aliphatic carbocycles. The monoisotopic (exact) mass is 348 g/mol. The molecule has 126 valence electrons. The van der Waals surface area contributed by atoms with Gasteiger partial charge < -0.3 is 23.5 Å². The van der Waals surface area contributed by atoms with E-state index in [-0.39, 0.29) is 19.3 Å². The first-order valence-electron chi connectivity index (χ1n) is 7.63. The molecule has 2 aliphatic heterocycles. The molecule has 4 rings (SSSR count). The largest absolute Gasteiger partial charge is 0.484 e. The Bertz CT molecular complexity index is 742. The SMILES string of the molecule is O=C(c1coc(COc2ccc3c(c2)OCO3)n1)N1CCSCC1. The van der Waals surface area contributed by atoms with Crippen molar-refractivity contribution in [1.29, 1.82) is 0 Å². The molecule has 1 aromatic heterocycles. The van der Waals surface area contributed by atoms with Crippen molar-refractivity contribution >= 4 is 17.7 Å². The summed E-state index contributed by atoms with van der Waals surface area (Å²) >= 11 is 1.85. The van der Waals surface area contributed by atoms with Gasteiger partial charge in [0.2, 0.25) is 12.7 Å². The lowest BCUT2D eigenvalue weighted by Crippen LogP contribution is -2.38. The van der Waals surface area contributed by atoms with Crippen LogP contribution >= 0.6 is 11.8 Å². The fourth-order valence-corrected chi connectivity index (χ4v) is 3.42. The van der Waals surface area contributed by atoms with Crippen LogP contribution in [0.4, 0.5) is 0 Å². The maximum atomic E-state index is 12.3. The number of benzene rings is 1. The van der Waals surface area contributed by atoms with Gasteiger partial charge in [-0.15, -0.1) is 0 Å². The van der Waals surface area contributed by atoms with E-state index in [0.717, 1.165) is 24.6 Å². The number of rotatable bonds is 4. The van der Waals surface area contributed by atoms with Crippen molar-refractivity contribution in [2.45, 2.75) is 6.61 Å². The standard InChI is InChI=1S/C16H16N2O5S/c19-16(18-3-5-24-6-4-18)12-8-21-15(17-12)9-20-11-1-2-13-14(7-11)23-10-22-13/h1-2,7-8H,3-6,9-10H2. The van der Waals surface area contributed by atoms with Crippen molar-refractivity contribution in [3.8, 4) is 17.2 Å². The fourth-order valence-electron chi connectivity index (χ4n) is 2.52. The summed E-state index contributed by atoms with van der Waals surface area (Å²) in [6.07, 6.45) is 1.39. The Hall–Kier alpha value is -2.35. The molecule has 3 heterocycles. The van der Waals surface area contributed by atoms with Gasteiger partial charge in [-0.1, -0.05) is 0 Å². The molecule has 7 nitrogen and oxygen atoms in total. The minimum Gasteiger partial charge on any atom is -0.484 e. The smallest absolute Gasteiger partial charge is 0.275 e. The lowest BCUT2D eigenvalue weighted by molar-refractivity contribution is 0.0766. The Balaban J connectivity index is 1.37. The Kier molecular flexibility index (Phi) is 4.20. The molecule has 1 aromatic carbocycles.